The first-order valence-corrected chi connectivity index (χ1v) is 6.00. The highest BCUT2D eigenvalue weighted by Gasteiger charge is 2.28. The van der Waals surface area contributed by atoms with E-state index in [-0.39, 0.29) is 0 Å². The lowest BCUT2D eigenvalue weighted by Gasteiger charge is -2.29. The zero-order chi connectivity index (χ0) is 11.8. The van der Waals surface area contributed by atoms with Gasteiger partial charge in [0.1, 0.15) is 0 Å². The van der Waals surface area contributed by atoms with Gasteiger partial charge < -0.3 is 10.2 Å². The van der Waals surface area contributed by atoms with Crippen LogP contribution < -0.4 is 10.2 Å². The first kappa shape index (κ1) is 10.3. The standard InChI is InChI=1S/C13H14N2O2/c16-12-10-5-4-9(8-11(10)14-13(12)17)15-6-2-1-3-7-15/h4-5,8H,1-3,6-7H2,(H,14,16,17). The minimum absolute atomic E-state index is 0.426. The molecule has 0 bridgehead atoms. The Morgan fingerprint density at radius 3 is 2.59 bits per heavy atom. The number of nitrogens with zero attached hydrogens (tertiary/aromatic N) is 1. The van der Waals surface area contributed by atoms with Gasteiger partial charge in [-0.1, -0.05) is 0 Å². The average Bonchev–Trinajstić information content (AvgIpc) is 2.66. The molecule has 2 aliphatic heterocycles. The molecule has 1 aromatic carbocycles. The molecule has 0 radical (unpaired) electrons. The van der Waals surface area contributed by atoms with Crippen LogP contribution in [0, 0.1) is 0 Å². The SMILES string of the molecule is O=C1Nc2cc(N3CCCCC3)ccc2C1=O. The summed E-state index contributed by atoms with van der Waals surface area (Å²) in [5, 5.41) is 2.61. The second-order valence-corrected chi connectivity index (χ2v) is 4.56. The Morgan fingerprint density at radius 2 is 1.82 bits per heavy atom. The molecular weight excluding hydrogens is 216 g/mol. The number of anilines is 2. The Morgan fingerprint density at radius 1 is 1.06 bits per heavy atom. The number of Topliss-reactive ketones (excluding diaryl/α,β-unsaturated/α-hetero) is 1. The highest BCUT2D eigenvalue weighted by Crippen LogP contribution is 2.29. The number of ketones is 1. The van der Waals surface area contributed by atoms with Crippen molar-refractivity contribution in [3.63, 3.8) is 0 Å². The summed E-state index contributed by atoms with van der Waals surface area (Å²) in [5.41, 5.74) is 2.25. The van der Waals surface area contributed by atoms with E-state index in [2.05, 4.69) is 10.2 Å². The quantitative estimate of drug-likeness (QED) is 0.748. The van der Waals surface area contributed by atoms with Crippen molar-refractivity contribution in [2.75, 3.05) is 23.3 Å². The second kappa shape index (κ2) is 3.87. The van der Waals surface area contributed by atoms with Gasteiger partial charge in [0.05, 0.1) is 11.3 Å². The molecule has 1 amide bonds. The van der Waals surface area contributed by atoms with Crippen LogP contribution >= 0.6 is 0 Å². The highest BCUT2D eigenvalue weighted by atomic mass is 16.2. The maximum Gasteiger partial charge on any atom is 0.296 e. The maximum atomic E-state index is 11.5. The van der Waals surface area contributed by atoms with Crippen molar-refractivity contribution in [2.45, 2.75) is 19.3 Å². The summed E-state index contributed by atoms with van der Waals surface area (Å²) in [7, 11) is 0. The Hall–Kier alpha value is -1.84. The van der Waals surface area contributed by atoms with Crippen molar-refractivity contribution >= 4 is 23.1 Å². The van der Waals surface area contributed by atoms with Gasteiger partial charge >= 0.3 is 0 Å². The lowest BCUT2D eigenvalue weighted by molar-refractivity contribution is -0.112. The van der Waals surface area contributed by atoms with Crippen molar-refractivity contribution in [2.24, 2.45) is 0 Å². The van der Waals surface area contributed by atoms with Gasteiger partial charge in [0.15, 0.2) is 0 Å². The molecule has 88 valence electrons. The van der Waals surface area contributed by atoms with Gasteiger partial charge in [-0.2, -0.15) is 0 Å². The highest BCUT2D eigenvalue weighted by molar-refractivity contribution is 6.51. The molecule has 1 N–H and O–H groups in total. The van der Waals surface area contributed by atoms with E-state index in [0.29, 0.717) is 11.3 Å². The van der Waals surface area contributed by atoms with E-state index in [0.717, 1.165) is 18.8 Å². The molecule has 0 atom stereocenters. The van der Waals surface area contributed by atoms with E-state index >= 15 is 0 Å². The van der Waals surface area contributed by atoms with Gasteiger partial charge in [0.25, 0.3) is 11.7 Å². The number of carbonyl (C=O) groups is 2. The van der Waals surface area contributed by atoms with Gasteiger partial charge in [-0.25, -0.2) is 0 Å². The molecule has 2 heterocycles. The smallest absolute Gasteiger partial charge is 0.296 e. The predicted molar refractivity (Wildman–Crippen MR) is 65.5 cm³/mol. The fraction of sp³-hybridized carbons (Fsp3) is 0.385. The summed E-state index contributed by atoms with van der Waals surface area (Å²) >= 11 is 0. The van der Waals surface area contributed by atoms with E-state index in [9.17, 15) is 9.59 Å². The van der Waals surface area contributed by atoms with Crippen LogP contribution in [-0.2, 0) is 4.79 Å². The number of rotatable bonds is 1. The molecule has 17 heavy (non-hydrogen) atoms. The molecule has 2 aliphatic rings. The third-order valence-corrected chi connectivity index (χ3v) is 3.42. The lowest BCUT2D eigenvalue weighted by Crippen LogP contribution is -2.29. The minimum atomic E-state index is -0.518. The minimum Gasteiger partial charge on any atom is -0.371 e. The van der Waals surface area contributed by atoms with Gasteiger partial charge in [0.2, 0.25) is 0 Å². The van der Waals surface area contributed by atoms with E-state index in [1.54, 1.807) is 6.07 Å². The lowest BCUT2D eigenvalue weighted by atomic mass is 10.1. The molecule has 4 nitrogen and oxygen atoms in total. The zero-order valence-corrected chi connectivity index (χ0v) is 9.53. The predicted octanol–water partition coefficient (Wildman–Crippen LogP) is 1.81. The third kappa shape index (κ3) is 1.69. The van der Waals surface area contributed by atoms with Crippen LogP contribution in [-0.4, -0.2) is 24.8 Å². The summed E-state index contributed by atoms with van der Waals surface area (Å²) in [6.07, 6.45) is 3.71. The topological polar surface area (TPSA) is 49.4 Å². The molecule has 0 aliphatic carbocycles. The zero-order valence-electron chi connectivity index (χ0n) is 9.53. The van der Waals surface area contributed by atoms with Crippen LogP contribution in [0.15, 0.2) is 18.2 Å². The van der Waals surface area contributed by atoms with E-state index in [1.807, 2.05) is 12.1 Å². The number of fused-ring (bicyclic) bond motifs is 1. The van der Waals surface area contributed by atoms with Crippen LogP contribution in [0.25, 0.3) is 0 Å². The van der Waals surface area contributed by atoms with Crippen molar-refractivity contribution < 1.29 is 9.59 Å². The fourth-order valence-corrected chi connectivity index (χ4v) is 2.48. The molecule has 0 spiro atoms. The van der Waals surface area contributed by atoms with Crippen molar-refractivity contribution in [3.8, 4) is 0 Å². The molecule has 0 aromatic heterocycles. The Labute approximate surface area is 99.6 Å². The van der Waals surface area contributed by atoms with Crippen molar-refractivity contribution in [3.05, 3.63) is 23.8 Å². The number of amides is 1. The first-order valence-electron chi connectivity index (χ1n) is 6.00. The van der Waals surface area contributed by atoms with Gasteiger partial charge in [-0.15, -0.1) is 0 Å². The molecular formula is C13H14N2O2. The number of piperidine rings is 1. The largest absolute Gasteiger partial charge is 0.371 e. The van der Waals surface area contributed by atoms with Crippen molar-refractivity contribution in [1.82, 2.24) is 0 Å². The second-order valence-electron chi connectivity index (χ2n) is 4.56. The molecule has 1 fully saturated rings. The van der Waals surface area contributed by atoms with Gasteiger partial charge in [-0.3, -0.25) is 9.59 Å². The molecule has 1 saturated heterocycles. The number of benzene rings is 1. The van der Waals surface area contributed by atoms with E-state index < -0.39 is 11.7 Å². The van der Waals surface area contributed by atoms with Gasteiger partial charge in [0, 0.05) is 18.8 Å². The molecule has 0 saturated carbocycles. The third-order valence-electron chi connectivity index (χ3n) is 3.42. The summed E-state index contributed by atoms with van der Waals surface area (Å²) in [4.78, 5) is 25.0. The molecule has 3 rings (SSSR count). The van der Waals surface area contributed by atoms with Crippen LogP contribution in [0.3, 0.4) is 0 Å². The number of hydrogen-bond acceptors (Lipinski definition) is 3. The number of carbonyl (C=O) groups excluding carboxylic acids is 2. The van der Waals surface area contributed by atoms with E-state index in [4.69, 9.17) is 0 Å². The summed E-state index contributed by atoms with van der Waals surface area (Å²) < 4.78 is 0. The molecule has 4 heteroatoms. The number of hydrogen-bond donors (Lipinski definition) is 1. The fourth-order valence-electron chi connectivity index (χ4n) is 2.48. The van der Waals surface area contributed by atoms with Crippen LogP contribution in [0.5, 0.6) is 0 Å². The average molecular weight is 230 g/mol. The maximum absolute atomic E-state index is 11.5. The number of nitrogens with one attached hydrogen (secondary N) is 1. The van der Waals surface area contributed by atoms with Crippen LogP contribution in [0.1, 0.15) is 29.6 Å². The monoisotopic (exact) mass is 230 g/mol. The summed E-state index contributed by atoms with van der Waals surface area (Å²) in [6.45, 7) is 2.11. The Kier molecular flexibility index (Phi) is 2.35. The first-order chi connectivity index (χ1) is 8.25. The molecule has 1 aromatic rings. The Bertz CT molecular complexity index is 490. The van der Waals surface area contributed by atoms with Crippen molar-refractivity contribution in [1.29, 1.82) is 0 Å². The van der Waals surface area contributed by atoms with Crippen LogP contribution in [0.4, 0.5) is 11.4 Å². The summed E-state index contributed by atoms with van der Waals surface area (Å²) in [6, 6.07) is 5.59. The molecule has 0 unspecified atom stereocenters. The summed E-state index contributed by atoms with van der Waals surface area (Å²) in [5.74, 6) is -0.944. The van der Waals surface area contributed by atoms with Crippen LogP contribution in [0.2, 0.25) is 0 Å². The van der Waals surface area contributed by atoms with Gasteiger partial charge in [-0.05, 0) is 37.5 Å². The van der Waals surface area contributed by atoms with E-state index in [1.165, 1.54) is 19.3 Å². The Balaban J connectivity index is 1.92. The normalized spacial score (nSPS) is 19.2.